The first-order valence-corrected chi connectivity index (χ1v) is 5.73. The molecule has 2 unspecified atom stereocenters. The van der Waals surface area contributed by atoms with Gasteiger partial charge in [0.15, 0.2) is 0 Å². The van der Waals surface area contributed by atoms with Crippen LogP contribution in [0.25, 0.3) is 0 Å². The van der Waals surface area contributed by atoms with Gasteiger partial charge >= 0.3 is 0 Å². The van der Waals surface area contributed by atoms with Crippen molar-refractivity contribution in [3.05, 3.63) is 23.9 Å². The predicted molar refractivity (Wildman–Crippen MR) is 67.2 cm³/mol. The molecule has 0 aromatic carbocycles. The molecule has 96 valence electrons. The van der Waals surface area contributed by atoms with E-state index < -0.39 is 0 Å². The van der Waals surface area contributed by atoms with Gasteiger partial charge in [0.2, 0.25) is 17.7 Å². The molecular weight excluding hydrogens is 232 g/mol. The molecule has 2 rings (SSSR count). The van der Waals surface area contributed by atoms with Crippen molar-refractivity contribution in [3.8, 4) is 5.88 Å². The van der Waals surface area contributed by atoms with E-state index in [-0.39, 0.29) is 23.8 Å². The monoisotopic (exact) mass is 248 g/mol. The summed E-state index contributed by atoms with van der Waals surface area (Å²) in [4.78, 5) is 20.1. The molecule has 6 nitrogen and oxygen atoms in total. The Hall–Kier alpha value is -1.95. The van der Waals surface area contributed by atoms with Crippen molar-refractivity contribution in [2.75, 3.05) is 12.4 Å². The summed E-state index contributed by atoms with van der Waals surface area (Å²) in [5, 5.41) is 2.67. The number of carbonyl (C=O) groups is 1. The van der Waals surface area contributed by atoms with Gasteiger partial charge in [0.25, 0.3) is 0 Å². The first kappa shape index (κ1) is 12.5. The fraction of sp³-hybridized carbons (Fsp3) is 0.417. The number of rotatable bonds is 3. The summed E-state index contributed by atoms with van der Waals surface area (Å²) in [5.74, 6) is 0.323. The Morgan fingerprint density at radius 3 is 2.89 bits per heavy atom. The molecule has 0 bridgehead atoms. The van der Waals surface area contributed by atoms with Crippen LogP contribution in [-0.4, -0.2) is 29.0 Å². The van der Waals surface area contributed by atoms with Crippen LogP contribution in [-0.2, 0) is 4.79 Å². The summed E-state index contributed by atoms with van der Waals surface area (Å²) in [7, 11) is 1.52. The molecule has 1 aromatic rings. The number of ether oxygens (including phenoxy) is 1. The number of methoxy groups -OCH3 is 1. The minimum atomic E-state index is -0.213. The molecule has 1 aromatic heterocycles. The molecule has 0 saturated carbocycles. The van der Waals surface area contributed by atoms with E-state index in [2.05, 4.69) is 15.3 Å². The first-order valence-electron chi connectivity index (χ1n) is 5.73. The maximum atomic E-state index is 11.9. The lowest BCUT2D eigenvalue weighted by atomic mass is 10.1. The minimum Gasteiger partial charge on any atom is -0.481 e. The maximum absolute atomic E-state index is 11.9. The van der Waals surface area contributed by atoms with Gasteiger partial charge in [0.05, 0.1) is 13.0 Å². The van der Waals surface area contributed by atoms with Crippen molar-refractivity contribution in [1.82, 2.24) is 9.97 Å². The van der Waals surface area contributed by atoms with Gasteiger partial charge in [-0.05, 0) is 13.3 Å². The number of nitrogens with zero attached hydrogens (tertiary/aromatic N) is 2. The van der Waals surface area contributed by atoms with Crippen LogP contribution in [0.4, 0.5) is 5.95 Å². The molecule has 18 heavy (non-hydrogen) atoms. The highest BCUT2D eigenvalue weighted by atomic mass is 16.5. The molecule has 1 heterocycles. The molecule has 1 aliphatic rings. The number of aromatic nitrogens is 2. The van der Waals surface area contributed by atoms with E-state index >= 15 is 0 Å². The zero-order valence-corrected chi connectivity index (χ0v) is 10.4. The number of hydrogen-bond acceptors (Lipinski definition) is 5. The van der Waals surface area contributed by atoms with E-state index in [0.29, 0.717) is 12.3 Å². The van der Waals surface area contributed by atoms with Gasteiger partial charge in [-0.1, -0.05) is 12.2 Å². The van der Waals surface area contributed by atoms with Crippen molar-refractivity contribution in [1.29, 1.82) is 0 Å². The summed E-state index contributed by atoms with van der Waals surface area (Å²) in [6, 6.07) is 1.65. The van der Waals surface area contributed by atoms with Gasteiger partial charge in [-0.2, -0.15) is 4.98 Å². The topological polar surface area (TPSA) is 90.1 Å². The number of hydrogen-bond donors (Lipinski definition) is 2. The Balaban J connectivity index is 2.07. The van der Waals surface area contributed by atoms with E-state index in [4.69, 9.17) is 10.5 Å². The largest absolute Gasteiger partial charge is 0.481 e. The second-order valence-corrected chi connectivity index (χ2v) is 4.26. The number of aryl methyl sites for hydroxylation is 1. The smallest absolute Gasteiger partial charge is 0.233 e. The van der Waals surface area contributed by atoms with Crippen LogP contribution in [0.3, 0.4) is 0 Å². The van der Waals surface area contributed by atoms with Crippen LogP contribution in [0.5, 0.6) is 5.88 Å². The number of amides is 1. The number of nitrogens with two attached hydrogens (primary N) is 1. The molecule has 1 amide bonds. The van der Waals surface area contributed by atoms with Crippen LogP contribution in [0.15, 0.2) is 18.2 Å². The van der Waals surface area contributed by atoms with Crippen LogP contribution in [0.1, 0.15) is 12.1 Å². The lowest BCUT2D eigenvalue weighted by Gasteiger charge is -2.10. The fourth-order valence-corrected chi connectivity index (χ4v) is 1.82. The lowest BCUT2D eigenvalue weighted by Crippen LogP contribution is -2.25. The lowest BCUT2D eigenvalue weighted by molar-refractivity contribution is -0.118. The number of carbonyl (C=O) groups excluding carboxylic acids is 1. The van der Waals surface area contributed by atoms with E-state index in [1.165, 1.54) is 7.11 Å². The second kappa shape index (κ2) is 5.14. The fourth-order valence-electron chi connectivity index (χ4n) is 1.82. The van der Waals surface area contributed by atoms with Crippen molar-refractivity contribution in [3.63, 3.8) is 0 Å². The standard InChI is InChI=1S/C12H16N4O2/c1-7-5-10(18-2)15-12(14-7)16-11(17)8-3-4-9(13)6-8/h3-5,8-9H,6,13H2,1-2H3,(H,14,15,16,17). The molecule has 0 spiro atoms. The zero-order chi connectivity index (χ0) is 13.1. The third kappa shape index (κ3) is 2.84. The highest BCUT2D eigenvalue weighted by Gasteiger charge is 2.23. The molecule has 0 aliphatic heterocycles. The average molecular weight is 248 g/mol. The molecule has 0 radical (unpaired) electrons. The highest BCUT2D eigenvalue weighted by molar-refractivity contribution is 5.92. The normalized spacial score (nSPS) is 21.9. The highest BCUT2D eigenvalue weighted by Crippen LogP contribution is 2.18. The van der Waals surface area contributed by atoms with Crippen LogP contribution in [0.2, 0.25) is 0 Å². The van der Waals surface area contributed by atoms with Crippen LogP contribution < -0.4 is 15.8 Å². The SMILES string of the molecule is COc1cc(C)nc(NC(=O)C2C=CC(N)C2)n1. The average Bonchev–Trinajstić information content (AvgIpc) is 2.75. The van der Waals surface area contributed by atoms with E-state index in [1.807, 2.05) is 19.1 Å². The Bertz CT molecular complexity index is 487. The second-order valence-electron chi connectivity index (χ2n) is 4.26. The van der Waals surface area contributed by atoms with Gasteiger partial charge in [0.1, 0.15) is 0 Å². The van der Waals surface area contributed by atoms with E-state index in [9.17, 15) is 4.79 Å². The Kier molecular flexibility index (Phi) is 3.57. The number of anilines is 1. The molecule has 0 saturated heterocycles. The number of nitrogens with one attached hydrogen (secondary N) is 1. The summed E-state index contributed by atoms with van der Waals surface area (Å²) in [5.41, 5.74) is 6.44. The summed E-state index contributed by atoms with van der Waals surface area (Å²) < 4.78 is 5.02. The van der Waals surface area contributed by atoms with Crippen LogP contribution >= 0.6 is 0 Å². The Labute approximate surface area is 105 Å². The van der Waals surface area contributed by atoms with E-state index in [0.717, 1.165) is 5.69 Å². The predicted octanol–water partition coefficient (Wildman–Crippen LogP) is 0.636. The minimum absolute atomic E-state index is 0.0475. The van der Waals surface area contributed by atoms with Crippen molar-refractivity contribution in [2.45, 2.75) is 19.4 Å². The summed E-state index contributed by atoms with van der Waals surface area (Å²) in [6.07, 6.45) is 4.27. The molecule has 0 fully saturated rings. The Morgan fingerprint density at radius 2 is 2.28 bits per heavy atom. The van der Waals surface area contributed by atoms with Crippen LogP contribution in [0, 0.1) is 12.8 Å². The molecule has 2 atom stereocenters. The van der Waals surface area contributed by atoms with Crippen molar-refractivity contribution in [2.24, 2.45) is 11.7 Å². The molecule has 1 aliphatic carbocycles. The van der Waals surface area contributed by atoms with Crippen molar-refractivity contribution < 1.29 is 9.53 Å². The van der Waals surface area contributed by atoms with E-state index in [1.54, 1.807) is 6.07 Å². The quantitative estimate of drug-likeness (QED) is 0.766. The molecule has 3 N–H and O–H groups in total. The maximum Gasteiger partial charge on any atom is 0.233 e. The van der Waals surface area contributed by atoms with Crippen molar-refractivity contribution >= 4 is 11.9 Å². The van der Waals surface area contributed by atoms with Gasteiger partial charge in [-0.3, -0.25) is 10.1 Å². The summed E-state index contributed by atoms with van der Waals surface area (Å²) in [6.45, 7) is 1.81. The zero-order valence-electron chi connectivity index (χ0n) is 10.4. The van der Waals surface area contributed by atoms with Gasteiger partial charge < -0.3 is 10.5 Å². The molecular formula is C12H16N4O2. The third-order valence-corrected chi connectivity index (χ3v) is 2.73. The molecule has 6 heteroatoms. The first-order chi connectivity index (χ1) is 8.58. The Morgan fingerprint density at radius 1 is 1.50 bits per heavy atom. The van der Waals surface area contributed by atoms with Gasteiger partial charge in [0, 0.05) is 17.8 Å². The van der Waals surface area contributed by atoms with Gasteiger partial charge in [-0.25, -0.2) is 4.98 Å². The third-order valence-electron chi connectivity index (χ3n) is 2.73. The van der Waals surface area contributed by atoms with Gasteiger partial charge in [-0.15, -0.1) is 0 Å². The summed E-state index contributed by atoms with van der Waals surface area (Å²) >= 11 is 0.